The number of imidazole rings is 1. The normalized spacial score (nSPS) is 16.2. The lowest BCUT2D eigenvalue weighted by atomic mass is 9.97. The van der Waals surface area contributed by atoms with E-state index in [1.165, 1.54) is 16.7 Å². The minimum Gasteiger partial charge on any atom is -0.340 e. The van der Waals surface area contributed by atoms with E-state index >= 15 is 0 Å². The third-order valence-electron chi connectivity index (χ3n) is 5.18. The number of aromatic amines is 1. The topological polar surface area (TPSA) is 49.0 Å². The third kappa shape index (κ3) is 3.16. The molecule has 3 aromatic rings. The van der Waals surface area contributed by atoms with Gasteiger partial charge in [-0.25, -0.2) is 4.98 Å². The van der Waals surface area contributed by atoms with Gasteiger partial charge in [0.05, 0.1) is 17.6 Å². The van der Waals surface area contributed by atoms with E-state index in [-0.39, 0.29) is 5.91 Å². The van der Waals surface area contributed by atoms with Crippen molar-refractivity contribution >= 4 is 16.9 Å². The summed E-state index contributed by atoms with van der Waals surface area (Å²) in [7, 11) is 1.86. The van der Waals surface area contributed by atoms with Crippen molar-refractivity contribution in [1.29, 1.82) is 0 Å². The summed E-state index contributed by atoms with van der Waals surface area (Å²) in [4.78, 5) is 22.4. The summed E-state index contributed by atoms with van der Waals surface area (Å²) in [6.45, 7) is 2.58. The van der Waals surface area contributed by atoms with Crippen molar-refractivity contribution in [1.82, 2.24) is 14.9 Å². The van der Waals surface area contributed by atoms with E-state index in [4.69, 9.17) is 0 Å². The number of carbonyl (C=O) groups is 1. The summed E-state index contributed by atoms with van der Waals surface area (Å²) in [5.74, 6) is 1.37. The Hall–Kier alpha value is -2.62. The number of carbonyl (C=O) groups excluding carboxylic acids is 1. The number of H-pyrrole nitrogens is 1. The Morgan fingerprint density at radius 1 is 1.28 bits per heavy atom. The van der Waals surface area contributed by atoms with E-state index in [0.717, 1.165) is 29.7 Å². The number of nitrogens with zero attached hydrogens (tertiary/aromatic N) is 2. The molecule has 4 nitrogen and oxygen atoms in total. The number of nitrogens with one attached hydrogen (secondary N) is 1. The Morgan fingerprint density at radius 2 is 2.12 bits per heavy atom. The van der Waals surface area contributed by atoms with Crippen LogP contribution in [0, 0.1) is 6.92 Å². The Labute approximate surface area is 147 Å². The van der Waals surface area contributed by atoms with Crippen LogP contribution in [0.3, 0.4) is 0 Å². The summed E-state index contributed by atoms with van der Waals surface area (Å²) >= 11 is 0. The molecule has 25 heavy (non-hydrogen) atoms. The lowest BCUT2D eigenvalue weighted by molar-refractivity contribution is -0.130. The number of rotatable bonds is 4. The summed E-state index contributed by atoms with van der Waals surface area (Å²) in [5, 5.41) is 0. The first-order chi connectivity index (χ1) is 12.1. The molecule has 0 saturated carbocycles. The number of hydrogen-bond donors (Lipinski definition) is 1. The molecule has 0 unspecified atom stereocenters. The molecule has 1 N–H and O–H groups in total. The highest BCUT2D eigenvalue weighted by atomic mass is 16.2. The van der Waals surface area contributed by atoms with Gasteiger partial charge in [-0.3, -0.25) is 4.79 Å². The fourth-order valence-corrected chi connectivity index (χ4v) is 3.79. The molecule has 1 aliphatic carbocycles. The van der Waals surface area contributed by atoms with Crippen molar-refractivity contribution in [3.63, 3.8) is 0 Å². The number of aryl methyl sites for hydroxylation is 2. The maximum Gasteiger partial charge on any atom is 0.223 e. The van der Waals surface area contributed by atoms with Crippen LogP contribution < -0.4 is 0 Å². The van der Waals surface area contributed by atoms with Crippen molar-refractivity contribution in [2.45, 2.75) is 38.6 Å². The Balaban J connectivity index is 1.43. The number of fused-ring (bicyclic) bond motifs is 2. The first-order valence-electron chi connectivity index (χ1n) is 8.87. The molecule has 1 amide bonds. The maximum atomic E-state index is 12.7. The SMILES string of the molecule is Cc1ccc2nc(CN(C)C(=O)C[C@@H]3CCc4ccccc43)[nH]c2c1. The van der Waals surface area contributed by atoms with Gasteiger partial charge >= 0.3 is 0 Å². The number of hydrogen-bond acceptors (Lipinski definition) is 2. The van der Waals surface area contributed by atoms with Crippen LogP contribution >= 0.6 is 0 Å². The first kappa shape index (κ1) is 15.9. The molecule has 0 spiro atoms. The molecule has 0 fully saturated rings. The predicted octanol–water partition coefficient (Wildman–Crippen LogP) is 3.95. The second kappa shape index (κ2) is 6.36. The van der Waals surface area contributed by atoms with Gasteiger partial charge in [0, 0.05) is 13.5 Å². The monoisotopic (exact) mass is 333 g/mol. The van der Waals surface area contributed by atoms with E-state index < -0.39 is 0 Å². The van der Waals surface area contributed by atoms with E-state index in [9.17, 15) is 4.79 Å². The Kier molecular flexibility index (Phi) is 4.04. The fourth-order valence-electron chi connectivity index (χ4n) is 3.79. The number of amides is 1. The van der Waals surface area contributed by atoms with Gasteiger partial charge in [0.2, 0.25) is 5.91 Å². The highest BCUT2D eigenvalue weighted by Crippen LogP contribution is 2.35. The zero-order chi connectivity index (χ0) is 17.4. The van der Waals surface area contributed by atoms with Crippen molar-refractivity contribution < 1.29 is 4.79 Å². The summed E-state index contributed by atoms with van der Waals surface area (Å²) in [5.41, 5.74) is 5.93. The predicted molar refractivity (Wildman–Crippen MR) is 99.4 cm³/mol. The van der Waals surface area contributed by atoms with Gasteiger partial charge in [0.1, 0.15) is 5.82 Å². The average Bonchev–Trinajstić information content (AvgIpc) is 3.18. The molecular weight excluding hydrogens is 310 g/mol. The first-order valence-corrected chi connectivity index (χ1v) is 8.87. The zero-order valence-electron chi connectivity index (χ0n) is 14.7. The van der Waals surface area contributed by atoms with Crippen LogP contribution in [0.5, 0.6) is 0 Å². The minimum absolute atomic E-state index is 0.179. The second-order valence-electron chi connectivity index (χ2n) is 7.09. The van der Waals surface area contributed by atoms with Crippen LogP contribution in [0.2, 0.25) is 0 Å². The van der Waals surface area contributed by atoms with Gasteiger partial charge in [0.25, 0.3) is 0 Å². The molecule has 0 bridgehead atoms. The summed E-state index contributed by atoms with van der Waals surface area (Å²) < 4.78 is 0. The van der Waals surface area contributed by atoms with Gasteiger partial charge in [-0.2, -0.15) is 0 Å². The van der Waals surface area contributed by atoms with E-state index in [1.54, 1.807) is 4.90 Å². The highest BCUT2D eigenvalue weighted by molar-refractivity contribution is 5.78. The molecule has 0 aliphatic heterocycles. The largest absolute Gasteiger partial charge is 0.340 e. The van der Waals surface area contributed by atoms with Crippen LogP contribution in [0.1, 0.15) is 41.3 Å². The molecule has 4 heteroatoms. The van der Waals surface area contributed by atoms with Crippen molar-refractivity contribution in [2.24, 2.45) is 0 Å². The molecule has 1 aliphatic rings. The maximum absolute atomic E-state index is 12.7. The smallest absolute Gasteiger partial charge is 0.223 e. The second-order valence-corrected chi connectivity index (χ2v) is 7.09. The van der Waals surface area contributed by atoms with Crippen LogP contribution in [-0.4, -0.2) is 27.8 Å². The molecule has 1 atom stereocenters. The quantitative estimate of drug-likeness (QED) is 0.786. The van der Waals surface area contributed by atoms with E-state index in [1.807, 2.05) is 13.1 Å². The highest BCUT2D eigenvalue weighted by Gasteiger charge is 2.25. The molecule has 128 valence electrons. The molecule has 0 saturated heterocycles. The lowest BCUT2D eigenvalue weighted by Crippen LogP contribution is -2.27. The molecule has 0 radical (unpaired) electrons. The number of aromatic nitrogens is 2. The van der Waals surface area contributed by atoms with Crippen LogP contribution in [0.25, 0.3) is 11.0 Å². The standard InChI is InChI=1S/C21H23N3O/c1-14-7-10-18-19(11-14)23-20(22-18)13-24(2)21(25)12-16-9-8-15-5-3-4-6-17(15)16/h3-7,10-11,16H,8-9,12-13H2,1-2H3,(H,22,23)/t16-/m0/s1. The van der Waals surface area contributed by atoms with Gasteiger partial charge in [-0.1, -0.05) is 30.3 Å². The lowest BCUT2D eigenvalue weighted by Gasteiger charge is -2.19. The average molecular weight is 333 g/mol. The Bertz CT molecular complexity index is 928. The molecule has 1 heterocycles. The summed E-state index contributed by atoms with van der Waals surface area (Å²) in [6.07, 6.45) is 2.73. The summed E-state index contributed by atoms with van der Waals surface area (Å²) in [6, 6.07) is 14.7. The van der Waals surface area contributed by atoms with Gasteiger partial charge < -0.3 is 9.88 Å². The molecule has 2 aromatic carbocycles. The van der Waals surface area contributed by atoms with Crippen LogP contribution in [0.15, 0.2) is 42.5 Å². The van der Waals surface area contributed by atoms with Gasteiger partial charge in [-0.15, -0.1) is 0 Å². The molecule has 1 aromatic heterocycles. The van der Waals surface area contributed by atoms with Gasteiger partial charge in [-0.05, 0) is 54.5 Å². The van der Waals surface area contributed by atoms with Crippen molar-refractivity contribution in [3.8, 4) is 0 Å². The van der Waals surface area contributed by atoms with Crippen LogP contribution in [0.4, 0.5) is 0 Å². The minimum atomic E-state index is 0.179. The van der Waals surface area contributed by atoms with Gasteiger partial charge in [0.15, 0.2) is 0 Å². The zero-order valence-corrected chi connectivity index (χ0v) is 14.7. The van der Waals surface area contributed by atoms with E-state index in [0.29, 0.717) is 18.9 Å². The third-order valence-corrected chi connectivity index (χ3v) is 5.18. The van der Waals surface area contributed by atoms with Crippen molar-refractivity contribution in [3.05, 3.63) is 65.0 Å². The van der Waals surface area contributed by atoms with Crippen molar-refractivity contribution in [2.75, 3.05) is 7.05 Å². The number of benzene rings is 2. The Morgan fingerprint density at radius 3 is 3.00 bits per heavy atom. The van der Waals surface area contributed by atoms with Crippen LogP contribution in [-0.2, 0) is 17.8 Å². The molecular formula is C21H23N3O. The fraction of sp³-hybridized carbons (Fsp3) is 0.333. The molecule has 4 rings (SSSR count). The van der Waals surface area contributed by atoms with E-state index in [2.05, 4.69) is 53.3 Å².